The smallest absolute Gasteiger partial charge is 0.253 e. The molecule has 0 atom stereocenters. The number of nitrogens with zero attached hydrogens (tertiary/aromatic N) is 2. The minimum atomic E-state index is 0.0697. The molecule has 0 aliphatic carbocycles. The third kappa shape index (κ3) is 4.02. The molecule has 1 saturated heterocycles. The number of ether oxygens (including phenoxy) is 1. The van der Waals surface area contributed by atoms with Crippen LogP contribution in [0, 0.1) is 5.92 Å². The number of carbonyl (C=O) groups excluding carboxylic acids is 1. The van der Waals surface area contributed by atoms with Crippen LogP contribution < -0.4 is 10.1 Å². The summed E-state index contributed by atoms with van der Waals surface area (Å²) in [6, 6.07) is 9.74. The van der Waals surface area contributed by atoms with Gasteiger partial charge < -0.3 is 15.0 Å². The standard InChI is InChI=1S/C24H24ClN3O2S/c1-15-5-9-28(10-6-15)24(29)16-2-3-19(20(25)12-16)21-13-17(14-31-21)18-4-7-26-23-22(18)30-11-8-27-23/h2-4,7,12-15H,5-6,8-11H2,1H3,(H,26,27). The van der Waals surface area contributed by atoms with Crippen LogP contribution in [0.25, 0.3) is 21.6 Å². The zero-order valence-corrected chi connectivity index (χ0v) is 18.9. The number of benzene rings is 1. The van der Waals surface area contributed by atoms with Gasteiger partial charge in [-0.2, -0.15) is 0 Å². The van der Waals surface area contributed by atoms with E-state index in [1.165, 1.54) is 0 Å². The lowest BCUT2D eigenvalue weighted by molar-refractivity contribution is 0.0697. The van der Waals surface area contributed by atoms with E-state index >= 15 is 0 Å². The fourth-order valence-electron chi connectivity index (χ4n) is 4.13. The SMILES string of the molecule is CC1CCN(C(=O)c2ccc(-c3cc(-c4ccnc5c4OCCN5)cs3)c(Cl)c2)CC1. The molecule has 5 nitrogen and oxygen atoms in total. The van der Waals surface area contributed by atoms with Crippen LogP contribution in [0.15, 0.2) is 41.9 Å². The normalized spacial score (nSPS) is 16.4. The van der Waals surface area contributed by atoms with Gasteiger partial charge in [0.1, 0.15) is 6.61 Å². The summed E-state index contributed by atoms with van der Waals surface area (Å²) in [5.41, 5.74) is 3.68. The van der Waals surface area contributed by atoms with Crippen LogP contribution in [-0.4, -0.2) is 42.0 Å². The third-order valence-corrected chi connectivity index (χ3v) is 7.28. The maximum Gasteiger partial charge on any atom is 0.253 e. The number of likely N-dealkylation sites (tertiary alicyclic amines) is 1. The monoisotopic (exact) mass is 453 g/mol. The zero-order chi connectivity index (χ0) is 21.4. The molecule has 160 valence electrons. The average Bonchev–Trinajstić information content (AvgIpc) is 3.28. The fraction of sp³-hybridized carbons (Fsp3) is 0.333. The third-order valence-electron chi connectivity index (χ3n) is 6.01. The Morgan fingerprint density at radius 2 is 2.06 bits per heavy atom. The minimum absolute atomic E-state index is 0.0697. The molecule has 4 heterocycles. The van der Waals surface area contributed by atoms with Crippen molar-refractivity contribution < 1.29 is 9.53 Å². The number of nitrogens with one attached hydrogen (secondary N) is 1. The number of fused-ring (bicyclic) bond motifs is 1. The highest BCUT2D eigenvalue weighted by atomic mass is 35.5. The molecule has 0 saturated carbocycles. The molecule has 3 aromatic rings. The minimum Gasteiger partial charge on any atom is -0.487 e. The molecule has 1 aromatic carbocycles. The number of amides is 1. The second-order valence-electron chi connectivity index (χ2n) is 8.18. The number of hydrogen-bond donors (Lipinski definition) is 1. The van der Waals surface area contributed by atoms with Gasteiger partial charge in [-0.05, 0) is 54.0 Å². The zero-order valence-electron chi connectivity index (χ0n) is 17.4. The molecule has 7 heteroatoms. The highest BCUT2D eigenvalue weighted by Crippen LogP contribution is 2.42. The number of thiophene rings is 1. The van der Waals surface area contributed by atoms with Crippen molar-refractivity contribution in [3.8, 4) is 27.3 Å². The summed E-state index contributed by atoms with van der Waals surface area (Å²) in [7, 11) is 0. The largest absolute Gasteiger partial charge is 0.487 e. The van der Waals surface area contributed by atoms with Crippen molar-refractivity contribution in [1.29, 1.82) is 0 Å². The van der Waals surface area contributed by atoms with E-state index in [9.17, 15) is 4.79 Å². The van der Waals surface area contributed by atoms with E-state index in [1.807, 2.05) is 23.1 Å². The molecule has 0 spiro atoms. The van der Waals surface area contributed by atoms with Gasteiger partial charge in [-0.15, -0.1) is 11.3 Å². The van der Waals surface area contributed by atoms with Gasteiger partial charge in [-0.3, -0.25) is 4.79 Å². The number of hydrogen-bond acceptors (Lipinski definition) is 5. The predicted octanol–water partition coefficient (Wildman–Crippen LogP) is 5.81. The molecule has 1 N–H and O–H groups in total. The summed E-state index contributed by atoms with van der Waals surface area (Å²) in [6.07, 6.45) is 3.92. The summed E-state index contributed by atoms with van der Waals surface area (Å²) < 4.78 is 5.87. The van der Waals surface area contributed by atoms with Crippen LogP contribution in [0.2, 0.25) is 5.02 Å². The predicted molar refractivity (Wildman–Crippen MR) is 126 cm³/mol. The lowest BCUT2D eigenvalue weighted by Crippen LogP contribution is -2.37. The Morgan fingerprint density at radius 3 is 2.87 bits per heavy atom. The fourth-order valence-corrected chi connectivity index (χ4v) is 5.42. The van der Waals surface area contributed by atoms with Gasteiger partial charge in [0.05, 0.1) is 11.6 Å². The first-order valence-electron chi connectivity index (χ1n) is 10.6. The van der Waals surface area contributed by atoms with E-state index < -0.39 is 0 Å². The highest BCUT2D eigenvalue weighted by molar-refractivity contribution is 7.14. The van der Waals surface area contributed by atoms with E-state index in [-0.39, 0.29) is 5.91 Å². The summed E-state index contributed by atoms with van der Waals surface area (Å²) in [5, 5.41) is 5.98. The van der Waals surface area contributed by atoms with Crippen LogP contribution >= 0.6 is 22.9 Å². The van der Waals surface area contributed by atoms with Gasteiger partial charge in [-0.25, -0.2) is 4.98 Å². The molecule has 1 amide bonds. The Kier molecular flexibility index (Phi) is 5.59. The lowest BCUT2D eigenvalue weighted by atomic mass is 9.98. The van der Waals surface area contributed by atoms with Crippen molar-refractivity contribution in [2.75, 3.05) is 31.6 Å². The second-order valence-corrected chi connectivity index (χ2v) is 9.50. The van der Waals surface area contributed by atoms with Gasteiger partial charge in [-0.1, -0.05) is 24.6 Å². The van der Waals surface area contributed by atoms with Gasteiger partial charge >= 0.3 is 0 Å². The van der Waals surface area contributed by atoms with E-state index in [1.54, 1.807) is 23.6 Å². The van der Waals surface area contributed by atoms with E-state index in [2.05, 4.69) is 28.7 Å². The van der Waals surface area contributed by atoms with E-state index in [0.29, 0.717) is 23.1 Å². The molecule has 31 heavy (non-hydrogen) atoms. The van der Waals surface area contributed by atoms with Crippen molar-refractivity contribution in [1.82, 2.24) is 9.88 Å². The molecular weight excluding hydrogens is 430 g/mol. The summed E-state index contributed by atoms with van der Waals surface area (Å²) in [5.74, 6) is 2.33. The molecule has 2 aliphatic heterocycles. The van der Waals surface area contributed by atoms with Crippen molar-refractivity contribution in [3.05, 3.63) is 52.5 Å². The van der Waals surface area contributed by atoms with Crippen LogP contribution in [0.1, 0.15) is 30.1 Å². The average molecular weight is 454 g/mol. The molecule has 1 fully saturated rings. The summed E-state index contributed by atoms with van der Waals surface area (Å²) in [4.78, 5) is 20.2. The quantitative estimate of drug-likeness (QED) is 0.544. The number of anilines is 1. The first-order chi connectivity index (χ1) is 15.1. The lowest BCUT2D eigenvalue weighted by Gasteiger charge is -2.30. The Labute approximate surface area is 191 Å². The molecular formula is C24H24ClN3O2S. The topological polar surface area (TPSA) is 54.5 Å². The van der Waals surface area contributed by atoms with Crippen molar-refractivity contribution in [3.63, 3.8) is 0 Å². The maximum atomic E-state index is 12.9. The van der Waals surface area contributed by atoms with E-state index in [4.69, 9.17) is 16.3 Å². The van der Waals surface area contributed by atoms with Gasteiger partial charge in [0.2, 0.25) is 0 Å². The van der Waals surface area contributed by atoms with Crippen molar-refractivity contribution in [2.45, 2.75) is 19.8 Å². The Bertz CT molecular complexity index is 1120. The molecule has 2 aliphatic rings. The Hall–Kier alpha value is -2.57. The first kappa shape index (κ1) is 20.3. The van der Waals surface area contributed by atoms with Crippen LogP contribution in [0.5, 0.6) is 5.75 Å². The Morgan fingerprint density at radius 1 is 1.23 bits per heavy atom. The van der Waals surface area contributed by atoms with Crippen LogP contribution in [-0.2, 0) is 0 Å². The second kappa shape index (κ2) is 8.52. The van der Waals surface area contributed by atoms with Gasteiger partial charge in [0, 0.05) is 40.9 Å². The molecule has 0 bridgehead atoms. The number of pyridine rings is 1. The summed E-state index contributed by atoms with van der Waals surface area (Å²) >= 11 is 8.26. The number of carbonyl (C=O) groups is 1. The molecule has 2 aromatic heterocycles. The van der Waals surface area contributed by atoms with Crippen molar-refractivity contribution >= 4 is 34.7 Å². The molecule has 0 radical (unpaired) electrons. The molecule has 0 unspecified atom stereocenters. The summed E-state index contributed by atoms with van der Waals surface area (Å²) in [6.45, 7) is 5.27. The van der Waals surface area contributed by atoms with Crippen LogP contribution in [0.3, 0.4) is 0 Å². The maximum absolute atomic E-state index is 12.9. The first-order valence-corrected chi connectivity index (χ1v) is 11.9. The Balaban J connectivity index is 1.40. The number of rotatable bonds is 3. The van der Waals surface area contributed by atoms with Crippen molar-refractivity contribution in [2.24, 2.45) is 5.92 Å². The number of halogens is 1. The van der Waals surface area contributed by atoms with Gasteiger partial charge in [0.15, 0.2) is 11.6 Å². The number of piperidine rings is 1. The number of aromatic nitrogens is 1. The van der Waals surface area contributed by atoms with Gasteiger partial charge in [0.25, 0.3) is 5.91 Å². The highest BCUT2D eigenvalue weighted by Gasteiger charge is 2.23. The van der Waals surface area contributed by atoms with Crippen LogP contribution in [0.4, 0.5) is 5.82 Å². The molecule has 5 rings (SSSR count). The van der Waals surface area contributed by atoms with E-state index in [0.717, 1.165) is 65.6 Å².